The molecule has 9 rings (SSSR count). The number of carbonyl (C=O) groups is 2. The van der Waals surface area contributed by atoms with Crippen LogP contribution in [0.3, 0.4) is 0 Å². The number of unbranched alkanes of at least 4 members (excludes halogenated alkanes) is 18. The number of benzene rings is 1. The first kappa shape index (κ1) is 46.4. The van der Waals surface area contributed by atoms with Gasteiger partial charge < -0.3 is 9.15 Å². The first-order valence-electron chi connectivity index (χ1n) is 28.1. The van der Waals surface area contributed by atoms with Crippen LogP contribution in [0.5, 0.6) is 0 Å². The van der Waals surface area contributed by atoms with E-state index in [1.165, 1.54) is 191 Å². The van der Waals surface area contributed by atoms with E-state index in [1.807, 2.05) is 0 Å². The second kappa shape index (κ2) is 22.4. The SMILES string of the molecule is CCCCCCCCCCCCc1c2c(c(CCCCCCCCCCCC)c3cocc13)[C@@H]1O[C@H]2[C@@H]2[C@H]1[C@H]1CCCCCC[C@@H]3C4=C(C(=O)C=CC4=O)[C@@H]4CCCCCC[C@@H]2C4=C31. The predicted octanol–water partition coefficient (Wildman–Crippen LogP) is 17.2. The van der Waals surface area contributed by atoms with E-state index < -0.39 is 0 Å². The number of allylic oxidation sites excluding steroid dienone is 6. The molecule has 2 aromatic rings. The van der Waals surface area contributed by atoms with Gasteiger partial charge in [0.2, 0.25) is 0 Å². The molecule has 0 amide bonds. The van der Waals surface area contributed by atoms with E-state index in [4.69, 9.17) is 9.15 Å². The molecule has 0 spiro atoms. The lowest BCUT2D eigenvalue weighted by molar-refractivity contribution is -0.116. The van der Waals surface area contributed by atoms with E-state index in [0.717, 1.165) is 49.7 Å². The number of hydrogen-bond acceptors (Lipinski definition) is 4. The number of aryl methyl sites for hydroxylation is 2. The number of furan rings is 1. The van der Waals surface area contributed by atoms with Gasteiger partial charge in [0.15, 0.2) is 11.6 Å². The molecule has 350 valence electrons. The molecular formula is C60H86O4. The molecule has 0 unspecified atom stereocenters. The van der Waals surface area contributed by atoms with Gasteiger partial charge in [-0.3, -0.25) is 9.59 Å². The lowest BCUT2D eigenvalue weighted by Crippen LogP contribution is -2.46. The largest absolute Gasteiger partial charge is 0.471 e. The maximum absolute atomic E-state index is 14.2. The van der Waals surface area contributed by atoms with Crippen LogP contribution >= 0.6 is 0 Å². The molecule has 0 radical (unpaired) electrons. The van der Waals surface area contributed by atoms with E-state index in [0.29, 0.717) is 23.7 Å². The van der Waals surface area contributed by atoms with E-state index in [-0.39, 0.29) is 35.6 Å². The molecule has 2 bridgehead atoms. The molecular weight excluding hydrogens is 785 g/mol. The highest BCUT2D eigenvalue weighted by Gasteiger charge is 2.63. The number of fused-ring (bicyclic) bond motifs is 13. The molecule has 5 aliphatic carbocycles. The van der Waals surface area contributed by atoms with Crippen LogP contribution < -0.4 is 0 Å². The second-order valence-electron chi connectivity index (χ2n) is 22.1. The lowest BCUT2D eigenvalue weighted by atomic mass is 9.49. The van der Waals surface area contributed by atoms with Crippen LogP contribution in [0.15, 0.2) is 51.4 Å². The Kier molecular flexibility index (Phi) is 16.2. The molecule has 4 nitrogen and oxygen atoms in total. The number of ether oxygens (including phenoxy) is 1. The monoisotopic (exact) mass is 871 g/mol. The quantitative estimate of drug-likeness (QED) is 0.0672. The molecule has 1 aromatic heterocycles. The fourth-order valence-corrected chi connectivity index (χ4v) is 15.2. The van der Waals surface area contributed by atoms with Gasteiger partial charge in [0, 0.05) is 45.6 Å². The van der Waals surface area contributed by atoms with Crippen LogP contribution in [-0.2, 0) is 27.2 Å². The average molecular weight is 871 g/mol. The van der Waals surface area contributed by atoms with E-state index in [9.17, 15) is 9.59 Å². The van der Waals surface area contributed by atoms with Gasteiger partial charge in [-0.25, -0.2) is 0 Å². The second-order valence-corrected chi connectivity index (χ2v) is 22.1. The maximum atomic E-state index is 14.2. The molecule has 2 saturated carbocycles. The van der Waals surface area contributed by atoms with Crippen molar-refractivity contribution in [1.29, 1.82) is 0 Å². The van der Waals surface area contributed by atoms with Gasteiger partial charge >= 0.3 is 0 Å². The molecule has 1 saturated heterocycles. The summed E-state index contributed by atoms with van der Waals surface area (Å²) in [5.74, 6) is 2.19. The summed E-state index contributed by atoms with van der Waals surface area (Å²) < 4.78 is 14.0. The number of ketones is 2. The van der Waals surface area contributed by atoms with Crippen LogP contribution in [0, 0.1) is 35.5 Å². The highest BCUT2D eigenvalue weighted by molar-refractivity contribution is 6.21. The van der Waals surface area contributed by atoms with Gasteiger partial charge in [0.1, 0.15) is 0 Å². The Morgan fingerprint density at radius 1 is 0.453 bits per heavy atom. The minimum atomic E-state index is 0.0999. The first-order valence-corrected chi connectivity index (χ1v) is 28.1. The summed E-state index contributed by atoms with van der Waals surface area (Å²) in [6.45, 7) is 4.62. The third-order valence-electron chi connectivity index (χ3n) is 18.1. The zero-order valence-electron chi connectivity index (χ0n) is 40.6. The molecule has 0 N–H and O–H groups in total. The summed E-state index contributed by atoms with van der Waals surface area (Å²) in [5, 5.41) is 2.75. The van der Waals surface area contributed by atoms with Crippen LogP contribution in [0.4, 0.5) is 0 Å². The Balaban J connectivity index is 1.06. The van der Waals surface area contributed by atoms with Crippen molar-refractivity contribution in [1.82, 2.24) is 0 Å². The molecule has 64 heavy (non-hydrogen) atoms. The van der Waals surface area contributed by atoms with Gasteiger partial charge in [-0.2, -0.15) is 0 Å². The third kappa shape index (κ3) is 9.41. The molecule has 3 fully saturated rings. The molecule has 7 aliphatic rings. The Morgan fingerprint density at radius 2 is 0.812 bits per heavy atom. The van der Waals surface area contributed by atoms with Crippen molar-refractivity contribution in [2.24, 2.45) is 35.5 Å². The Morgan fingerprint density at radius 3 is 1.20 bits per heavy atom. The highest BCUT2D eigenvalue weighted by Crippen LogP contribution is 2.71. The van der Waals surface area contributed by atoms with Crippen LogP contribution in [-0.4, -0.2) is 11.6 Å². The van der Waals surface area contributed by atoms with Gasteiger partial charge in [0.05, 0.1) is 24.7 Å². The minimum Gasteiger partial charge on any atom is -0.471 e. The summed E-state index contributed by atoms with van der Waals surface area (Å²) in [4.78, 5) is 28.4. The van der Waals surface area contributed by atoms with Crippen molar-refractivity contribution in [3.05, 3.63) is 69.2 Å². The minimum absolute atomic E-state index is 0.0999. The van der Waals surface area contributed by atoms with Crippen LogP contribution in [0.25, 0.3) is 10.8 Å². The fourth-order valence-electron chi connectivity index (χ4n) is 15.2. The van der Waals surface area contributed by atoms with E-state index in [2.05, 4.69) is 26.4 Å². The third-order valence-corrected chi connectivity index (χ3v) is 18.1. The summed E-state index contributed by atoms with van der Waals surface area (Å²) >= 11 is 0. The van der Waals surface area contributed by atoms with Crippen molar-refractivity contribution in [2.75, 3.05) is 0 Å². The van der Waals surface area contributed by atoms with E-state index in [1.54, 1.807) is 45.6 Å². The number of carbonyl (C=O) groups excluding carboxylic acids is 2. The van der Waals surface area contributed by atoms with Crippen molar-refractivity contribution in [2.45, 2.75) is 244 Å². The Bertz CT molecular complexity index is 1870. The zero-order valence-corrected chi connectivity index (χ0v) is 40.6. The molecule has 4 heteroatoms. The average Bonchev–Trinajstić information content (AvgIpc) is 4.07. The van der Waals surface area contributed by atoms with Crippen LogP contribution in [0.2, 0.25) is 0 Å². The Labute approximate surface area is 388 Å². The van der Waals surface area contributed by atoms with Crippen molar-refractivity contribution in [3.63, 3.8) is 0 Å². The van der Waals surface area contributed by atoms with E-state index >= 15 is 0 Å². The first-order chi connectivity index (χ1) is 31.6. The lowest BCUT2D eigenvalue weighted by Gasteiger charge is -2.53. The molecule has 3 heterocycles. The topological polar surface area (TPSA) is 56.5 Å². The molecule has 8 atom stereocenters. The van der Waals surface area contributed by atoms with Crippen molar-refractivity contribution in [3.8, 4) is 0 Å². The summed E-state index contributed by atoms with van der Waals surface area (Å²) in [7, 11) is 0. The maximum Gasteiger partial charge on any atom is 0.183 e. The number of hydrogen-bond donors (Lipinski definition) is 0. The Hall–Kier alpha value is -2.72. The summed E-state index contributed by atoms with van der Waals surface area (Å²) in [6, 6.07) is 0. The fraction of sp³-hybridized carbons (Fsp3) is 0.733. The van der Waals surface area contributed by atoms with Gasteiger partial charge in [-0.15, -0.1) is 0 Å². The van der Waals surface area contributed by atoms with Gasteiger partial charge in [-0.1, -0.05) is 192 Å². The summed E-state index contributed by atoms with van der Waals surface area (Å²) in [6.07, 6.45) is 51.2. The molecule has 2 aliphatic heterocycles. The van der Waals surface area contributed by atoms with Crippen molar-refractivity contribution >= 4 is 22.3 Å². The predicted molar refractivity (Wildman–Crippen MR) is 263 cm³/mol. The van der Waals surface area contributed by atoms with Gasteiger partial charge in [-0.05, 0) is 97.6 Å². The normalized spacial score (nSPS) is 28.6. The number of rotatable bonds is 22. The van der Waals surface area contributed by atoms with Crippen LogP contribution in [0.1, 0.15) is 254 Å². The zero-order chi connectivity index (χ0) is 43.8. The highest BCUT2D eigenvalue weighted by atomic mass is 16.5. The molecule has 1 aromatic carbocycles. The standard InChI is InChI=1S/C60H86O4/c1-3-5-7-9-11-13-15-17-19-25-31-41-47-39-63-40-48(47)42(32-26-20-18-16-14-12-10-8-6-4-2)56-55(41)59-57-45-35-29-23-21-27-33-43-51(45)52-44(54-50(62)38-37-49(61)53(43)54)34-28-22-24-30-36-46(52)58(57)60(56)64-59/h37-40,43-46,57-60H,3-36H2,1-2H3/t43-,44+,45-,46+,57+,58-,59-,60+. The summed E-state index contributed by atoms with van der Waals surface area (Å²) in [5.41, 5.74) is 11.4. The van der Waals surface area contributed by atoms with Gasteiger partial charge in [0.25, 0.3) is 0 Å². The van der Waals surface area contributed by atoms with Crippen molar-refractivity contribution < 1.29 is 18.7 Å². The smallest absolute Gasteiger partial charge is 0.183 e.